The Morgan fingerprint density at radius 1 is 1.33 bits per heavy atom. The number of hydrogen-bond acceptors (Lipinski definition) is 1. The molecule has 0 bridgehead atoms. The van der Waals surface area contributed by atoms with E-state index >= 15 is 0 Å². The Kier molecular flexibility index (Phi) is 1.95. The third-order valence-corrected chi connectivity index (χ3v) is 3.41. The van der Waals surface area contributed by atoms with Gasteiger partial charge in [-0.2, -0.15) is 0 Å². The van der Waals surface area contributed by atoms with Gasteiger partial charge in [0.05, 0.1) is 0 Å². The van der Waals surface area contributed by atoms with Gasteiger partial charge in [0.2, 0.25) is 0 Å². The van der Waals surface area contributed by atoms with Gasteiger partial charge in [-0.15, -0.1) is 0 Å². The van der Waals surface area contributed by atoms with Crippen LogP contribution in [0.2, 0.25) is 0 Å². The average molecular weight is 178 g/mol. The van der Waals surface area contributed by atoms with Crippen molar-refractivity contribution >= 4 is 16.7 Å². The number of rotatable bonds is 0. The van der Waals surface area contributed by atoms with E-state index in [2.05, 4.69) is 6.92 Å². The Bertz CT molecular complexity index is 330. The number of hydrogen-bond donors (Lipinski definition) is 0. The molecule has 0 N–H and O–H groups in total. The van der Waals surface area contributed by atoms with E-state index in [0.29, 0.717) is 5.75 Å². The van der Waals surface area contributed by atoms with Gasteiger partial charge in [0.1, 0.15) is 5.75 Å². The summed E-state index contributed by atoms with van der Waals surface area (Å²) in [4.78, 5) is 0.984. The van der Waals surface area contributed by atoms with Gasteiger partial charge in [0.15, 0.2) is 4.90 Å². The Balaban J connectivity index is 2.58. The molecule has 12 heavy (non-hydrogen) atoms. The van der Waals surface area contributed by atoms with E-state index in [1.807, 2.05) is 30.3 Å². The summed E-state index contributed by atoms with van der Waals surface area (Å²) in [6.07, 6.45) is 2.04. The maximum Gasteiger partial charge on any atom is 0.160 e. The van der Waals surface area contributed by atoms with Crippen LogP contribution in [-0.4, -0.2) is 10.3 Å². The van der Waals surface area contributed by atoms with Gasteiger partial charge in [0, 0.05) is 5.56 Å². The Morgan fingerprint density at radius 3 is 2.83 bits per heavy atom. The average Bonchev–Trinajstić information content (AvgIpc) is 2.12. The van der Waals surface area contributed by atoms with Crippen molar-refractivity contribution < 1.29 is 4.55 Å². The smallest absolute Gasteiger partial charge is 0.160 e. The third kappa shape index (κ3) is 1.17. The SMILES string of the molecule is CC1=CC[S+]([O-])c2ccccc21. The fraction of sp³-hybridized carbons (Fsp3) is 0.200. The fourth-order valence-corrected chi connectivity index (χ4v) is 2.68. The lowest BCUT2D eigenvalue weighted by Crippen LogP contribution is -2.11. The summed E-state index contributed by atoms with van der Waals surface area (Å²) in [5.74, 6) is 0.669. The minimum atomic E-state index is -0.812. The van der Waals surface area contributed by atoms with Gasteiger partial charge in [0.25, 0.3) is 0 Å². The van der Waals surface area contributed by atoms with Crippen LogP contribution in [0.25, 0.3) is 5.57 Å². The summed E-state index contributed by atoms with van der Waals surface area (Å²) in [6.45, 7) is 2.06. The lowest BCUT2D eigenvalue weighted by atomic mass is 10.1. The predicted octanol–water partition coefficient (Wildman–Crippen LogP) is 2.21. The van der Waals surface area contributed by atoms with Crippen molar-refractivity contribution in [1.29, 1.82) is 0 Å². The van der Waals surface area contributed by atoms with Crippen molar-refractivity contribution in [2.45, 2.75) is 11.8 Å². The molecule has 0 saturated heterocycles. The molecule has 0 saturated carbocycles. The standard InChI is InChI=1S/C10H10OS/c1-8-6-7-12(11)10-5-3-2-4-9(8)10/h2-6H,7H2,1H3. The van der Waals surface area contributed by atoms with Gasteiger partial charge >= 0.3 is 0 Å². The van der Waals surface area contributed by atoms with E-state index in [1.165, 1.54) is 5.57 Å². The number of allylic oxidation sites excluding steroid dienone is 1. The highest BCUT2D eigenvalue weighted by atomic mass is 32.2. The predicted molar refractivity (Wildman–Crippen MR) is 51.4 cm³/mol. The molecular weight excluding hydrogens is 168 g/mol. The van der Waals surface area contributed by atoms with Crippen LogP contribution in [0.1, 0.15) is 12.5 Å². The first kappa shape index (κ1) is 7.90. The highest BCUT2D eigenvalue weighted by Gasteiger charge is 2.19. The van der Waals surface area contributed by atoms with E-state index in [-0.39, 0.29) is 0 Å². The summed E-state index contributed by atoms with van der Waals surface area (Å²) >= 11 is -0.812. The molecule has 1 atom stereocenters. The van der Waals surface area contributed by atoms with E-state index in [9.17, 15) is 4.55 Å². The second kappa shape index (κ2) is 2.96. The van der Waals surface area contributed by atoms with Gasteiger partial charge in [-0.1, -0.05) is 12.1 Å². The van der Waals surface area contributed by atoms with E-state index in [1.54, 1.807) is 0 Å². The molecular formula is C10H10OS. The molecule has 1 aromatic carbocycles. The first-order chi connectivity index (χ1) is 5.79. The summed E-state index contributed by atoms with van der Waals surface area (Å²) in [5, 5.41) is 0. The molecule has 1 heterocycles. The van der Waals surface area contributed by atoms with Crippen molar-refractivity contribution in [3.05, 3.63) is 35.9 Å². The molecule has 0 spiro atoms. The molecule has 1 nitrogen and oxygen atoms in total. The Hall–Kier alpha value is -0.730. The van der Waals surface area contributed by atoms with Crippen LogP contribution in [0.3, 0.4) is 0 Å². The molecule has 1 aliphatic rings. The number of fused-ring (bicyclic) bond motifs is 1. The van der Waals surface area contributed by atoms with Crippen LogP contribution in [0.15, 0.2) is 35.2 Å². The lowest BCUT2D eigenvalue weighted by Gasteiger charge is -2.17. The zero-order valence-electron chi connectivity index (χ0n) is 6.91. The highest BCUT2D eigenvalue weighted by molar-refractivity contribution is 7.91. The largest absolute Gasteiger partial charge is 0.611 e. The molecule has 0 amide bonds. The van der Waals surface area contributed by atoms with Gasteiger partial charge in [-0.25, -0.2) is 0 Å². The van der Waals surface area contributed by atoms with E-state index < -0.39 is 11.2 Å². The first-order valence-electron chi connectivity index (χ1n) is 3.93. The highest BCUT2D eigenvalue weighted by Crippen LogP contribution is 2.28. The molecule has 2 rings (SSSR count). The van der Waals surface area contributed by atoms with Crippen molar-refractivity contribution in [1.82, 2.24) is 0 Å². The van der Waals surface area contributed by atoms with Crippen LogP contribution in [0.5, 0.6) is 0 Å². The van der Waals surface area contributed by atoms with Crippen LogP contribution in [-0.2, 0) is 11.2 Å². The van der Waals surface area contributed by atoms with Crippen molar-refractivity contribution in [3.63, 3.8) is 0 Å². The van der Waals surface area contributed by atoms with Crippen LogP contribution in [0, 0.1) is 0 Å². The third-order valence-electron chi connectivity index (χ3n) is 2.10. The molecule has 0 aliphatic carbocycles. The summed E-state index contributed by atoms with van der Waals surface area (Å²) in [6, 6.07) is 7.90. The van der Waals surface area contributed by atoms with E-state index in [4.69, 9.17) is 0 Å². The quantitative estimate of drug-likeness (QED) is 0.558. The van der Waals surface area contributed by atoms with Crippen LogP contribution < -0.4 is 0 Å². The zero-order chi connectivity index (χ0) is 8.55. The zero-order valence-corrected chi connectivity index (χ0v) is 7.73. The Labute approximate surface area is 75.3 Å². The Morgan fingerprint density at radius 2 is 2.08 bits per heavy atom. The molecule has 1 unspecified atom stereocenters. The second-order valence-corrected chi connectivity index (χ2v) is 4.36. The van der Waals surface area contributed by atoms with Crippen molar-refractivity contribution in [2.75, 3.05) is 5.75 Å². The topological polar surface area (TPSA) is 23.1 Å². The van der Waals surface area contributed by atoms with Gasteiger partial charge in [-0.05, 0) is 41.9 Å². The fourth-order valence-electron chi connectivity index (χ4n) is 1.39. The minimum absolute atomic E-state index is 0.669. The maximum atomic E-state index is 11.5. The maximum absolute atomic E-state index is 11.5. The summed E-state index contributed by atoms with van der Waals surface area (Å²) < 4.78 is 11.5. The van der Waals surface area contributed by atoms with Crippen LogP contribution in [0.4, 0.5) is 0 Å². The normalized spacial score (nSPS) is 21.5. The molecule has 1 aromatic rings. The molecule has 0 aromatic heterocycles. The van der Waals surface area contributed by atoms with Gasteiger partial charge in [-0.3, -0.25) is 0 Å². The minimum Gasteiger partial charge on any atom is -0.611 e. The van der Waals surface area contributed by atoms with Crippen molar-refractivity contribution in [2.24, 2.45) is 0 Å². The molecule has 1 aliphatic heterocycles. The van der Waals surface area contributed by atoms with Gasteiger partial charge < -0.3 is 4.55 Å². The molecule has 62 valence electrons. The van der Waals surface area contributed by atoms with Crippen LogP contribution >= 0.6 is 0 Å². The number of benzene rings is 1. The molecule has 0 fully saturated rings. The molecule has 2 heteroatoms. The lowest BCUT2D eigenvalue weighted by molar-refractivity contribution is 0.597. The van der Waals surface area contributed by atoms with Crippen molar-refractivity contribution in [3.8, 4) is 0 Å². The first-order valence-corrected chi connectivity index (χ1v) is 5.25. The monoisotopic (exact) mass is 178 g/mol. The summed E-state index contributed by atoms with van der Waals surface area (Å²) in [5.41, 5.74) is 2.38. The molecule has 0 radical (unpaired) electrons. The second-order valence-electron chi connectivity index (χ2n) is 2.90. The summed E-state index contributed by atoms with van der Waals surface area (Å²) in [7, 11) is 0. The van der Waals surface area contributed by atoms with E-state index in [0.717, 1.165) is 10.5 Å².